The summed E-state index contributed by atoms with van der Waals surface area (Å²) >= 11 is 0. The van der Waals surface area contributed by atoms with Crippen molar-refractivity contribution in [2.75, 3.05) is 6.61 Å². The van der Waals surface area contributed by atoms with E-state index in [0.717, 1.165) is 17.9 Å². The second-order valence-corrected chi connectivity index (χ2v) is 8.39. The Kier molecular flexibility index (Phi) is 7.39. The number of benzene rings is 1. The van der Waals surface area contributed by atoms with Gasteiger partial charge >= 0.3 is 5.97 Å². The molecule has 1 unspecified atom stereocenters. The van der Waals surface area contributed by atoms with Crippen LogP contribution in [0.15, 0.2) is 24.3 Å². The molecule has 0 bridgehead atoms. The lowest BCUT2D eigenvalue weighted by molar-refractivity contribution is -0.144. The van der Waals surface area contributed by atoms with E-state index in [2.05, 4.69) is 16.7 Å². The lowest BCUT2D eigenvalue weighted by Gasteiger charge is -2.46. The molecule has 1 aromatic rings. The predicted molar refractivity (Wildman–Crippen MR) is 111 cm³/mol. The summed E-state index contributed by atoms with van der Waals surface area (Å²) in [6.07, 6.45) is 12.5. The first-order valence-electron chi connectivity index (χ1n) is 10.7. The van der Waals surface area contributed by atoms with Gasteiger partial charge in [-0.3, -0.25) is 4.79 Å². The summed E-state index contributed by atoms with van der Waals surface area (Å²) in [5.41, 5.74) is 1.51. The highest BCUT2D eigenvalue weighted by molar-refractivity contribution is 5.71. The van der Waals surface area contributed by atoms with Gasteiger partial charge in [0, 0.05) is 0 Å². The molecule has 1 aromatic carbocycles. The minimum absolute atomic E-state index is 0.155. The second-order valence-electron chi connectivity index (χ2n) is 8.39. The third kappa shape index (κ3) is 5.08. The molecule has 0 aliphatic heterocycles. The van der Waals surface area contributed by atoms with Crippen LogP contribution < -0.4 is 10.6 Å². The molecule has 3 rings (SSSR count). The average molecular weight is 384 g/mol. The molecule has 152 valence electrons. The average Bonchev–Trinajstić information content (AvgIpc) is 2.74. The molecule has 0 radical (unpaired) electrons. The van der Waals surface area contributed by atoms with E-state index in [-0.39, 0.29) is 12.3 Å². The zero-order valence-electron chi connectivity index (χ0n) is 17.0. The summed E-state index contributed by atoms with van der Waals surface area (Å²) in [5, 5.41) is 0. The SMILES string of the molecule is CC#C[C@@H](CC(=O)ON)c1ccc(OCC2CCCCC23CCCCC3)cc1. The fourth-order valence-electron chi connectivity index (χ4n) is 5.19. The van der Waals surface area contributed by atoms with Gasteiger partial charge in [-0.25, -0.2) is 0 Å². The minimum Gasteiger partial charge on any atom is -0.493 e. The highest BCUT2D eigenvalue weighted by atomic mass is 16.7. The van der Waals surface area contributed by atoms with Crippen LogP contribution in [0.3, 0.4) is 0 Å². The molecule has 28 heavy (non-hydrogen) atoms. The van der Waals surface area contributed by atoms with E-state index >= 15 is 0 Å². The molecule has 4 nitrogen and oxygen atoms in total. The Bertz CT molecular complexity index is 687. The largest absolute Gasteiger partial charge is 0.493 e. The number of carbonyl (C=O) groups is 1. The Morgan fingerprint density at radius 3 is 2.46 bits per heavy atom. The van der Waals surface area contributed by atoms with Crippen LogP contribution in [-0.4, -0.2) is 12.6 Å². The third-order valence-corrected chi connectivity index (χ3v) is 6.75. The van der Waals surface area contributed by atoms with E-state index in [0.29, 0.717) is 11.3 Å². The van der Waals surface area contributed by atoms with Gasteiger partial charge in [0.25, 0.3) is 0 Å². The topological polar surface area (TPSA) is 61.5 Å². The van der Waals surface area contributed by atoms with Gasteiger partial charge in [-0.15, -0.1) is 5.92 Å². The standard InChI is InChI=1S/C24H33NO3/c1-2-8-20(17-23(26)28-25)19-10-12-22(13-11-19)27-18-21-9-4-7-16-24(21)14-5-3-6-15-24/h10-13,20-21H,3-7,9,14-18,25H2,1H3/t20-,21?/m0/s1. The van der Waals surface area contributed by atoms with E-state index in [4.69, 9.17) is 10.6 Å². The van der Waals surface area contributed by atoms with Crippen molar-refractivity contribution in [2.24, 2.45) is 17.2 Å². The lowest BCUT2D eigenvalue weighted by atomic mass is 9.59. The molecule has 4 heteroatoms. The Hall–Kier alpha value is -1.99. The van der Waals surface area contributed by atoms with Gasteiger partial charge in [-0.05, 0) is 61.6 Å². The van der Waals surface area contributed by atoms with E-state index in [9.17, 15) is 4.79 Å². The number of rotatable bonds is 6. The first-order valence-corrected chi connectivity index (χ1v) is 10.7. The summed E-state index contributed by atoms with van der Waals surface area (Å²) in [6, 6.07) is 7.96. The van der Waals surface area contributed by atoms with Crippen LogP contribution in [0.25, 0.3) is 0 Å². The van der Waals surface area contributed by atoms with Crippen molar-refractivity contribution >= 4 is 5.97 Å². The molecule has 2 saturated carbocycles. The Labute approximate surface area is 169 Å². The molecule has 2 aliphatic carbocycles. The van der Waals surface area contributed by atoms with Crippen molar-refractivity contribution in [3.05, 3.63) is 29.8 Å². The van der Waals surface area contributed by atoms with Gasteiger partial charge in [0.2, 0.25) is 0 Å². The van der Waals surface area contributed by atoms with E-state index in [1.165, 1.54) is 57.8 Å². The fourth-order valence-corrected chi connectivity index (χ4v) is 5.19. The van der Waals surface area contributed by atoms with Crippen molar-refractivity contribution in [2.45, 2.75) is 77.0 Å². The number of ether oxygens (including phenoxy) is 1. The predicted octanol–water partition coefficient (Wildman–Crippen LogP) is 5.12. The van der Waals surface area contributed by atoms with Gasteiger partial charge in [0.05, 0.1) is 18.9 Å². The molecule has 1 spiro atoms. The van der Waals surface area contributed by atoms with Gasteiger partial charge in [0.15, 0.2) is 0 Å². The first-order chi connectivity index (χ1) is 13.7. The quantitative estimate of drug-likeness (QED) is 0.547. The normalized spacial score (nSPS) is 22.0. The number of hydrogen-bond donors (Lipinski definition) is 1. The summed E-state index contributed by atoms with van der Waals surface area (Å²) in [6.45, 7) is 2.58. The molecule has 2 fully saturated rings. The molecule has 0 aromatic heterocycles. The monoisotopic (exact) mass is 383 g/mol. The maximum absolute atomic E-state index is 11.5. The van der Waals surface area contributed by atoms with Crippen molar-refractivity contribution in [3.8, 4) is 17.6 Å². The maximum atomic E-state index is 11.5. The minimum atomic E-state index is -0.455. The van der Waals surface area contributed by atoms with Crippen LogP contribution in [-0.2, 0) is 9.63 Å². The molecule has 0 heterocycles. The van der Waals surface area contributed by atoms with Crippen LogP contribution in [0.4, 0.5) is 0 Å². The summed E-state index contributed by atoms with van der Waals surface area (Å²) in [7, 11) is 0. The summed E-state index contributed by atoms with van der Waals surface area (Å²) in [5.74, 6) is 11.8. The highest BCUT2D eigenvalue weighted by Gasteiger charge is 2.41. The van der Waals surface area contributed by atoms with E-state index in [1.54, 1.807) is 6.92 Å². The lowest BCUT2D eigenvalue weighted by Crippen LogP contribution is -2.39. The van der Waals surface area contributed by atoms with Crippen molar-refractivity contribution in [3.63, 3.8) is 0 Å². The maximum Gasteiger partial charge on any atom is 0.326 e. The van der Waals surface area contributed by atoms with Crippen molar-refractivity contribution < 1.29 is 14.4 Å². The zero-order valence-corrected chi connectivity index (χ0v) is 17.0. The first kappa shape index (κ1) is 20.7. The molecule has 0 saturated heterocycles. The van der Waals surface area contributed by atoms with Crippen LogP contribution >= 0.6 is 0 Å². The van der Waals surface area contributed by atoms with Gasteiger partial charge in [-0.1, -0.05) is 50.2 Å². The Morgan fingerprint density at radius 1 is 1.14 bits per heavy atom. The van der Waals surface area contributed by atoms with Crippen molar-refractivity contribution in [1.82, 2.24) is 0 Å². The fraction of sp³-hybridized carbons (Fsp3) is 0.625. The number of carbonyl (C=O) groups excluding carboxylic acids is 1. The third-order valence-electron chi connectivity index (χ3n) is 6.75. The number of hydrogen-bond acceptors (Lipinski definition) is 4. The summed E-state index contributed by atoms with van der Waals surface area (Å²) in [4.78, 5) is 15.8. The second kappa shape index (κ2) is 9.98. The van der Waals surface area contributed by atoms with Crippen LogP contribution in [0.5, 0.6) is 5.75 Å². The van der Waals surface area contributed by atoms with Crippen molar-refractivity contribution in [1.29, 1.82) is 0 Å². The molecule has 2 atom stereocenters. The number of nitrogens with two attached hydrogens (primary N) is 1. The van der Waals surface area contributed by atoms with Gasteiger partial charge in [0.1, 0.15) is 5.75 Å². The molecular weight excluding hydrogens is 350 g/mol. The van der Waals surface area contributed by atoms with Crippen LogP contribution in [0.2, 0.25) is 0 Å². The molecule has 0 amide bonds. The van der Waals surface area contributed by atoms with E-state index in [1.807, 2.05) is 24.3 Å². The molecule has 2 aliphatic rings. The Morgan fingerprint density at radius 2 is 1.82 bits per heavy atom. The smallest absolute Gasteiger partial charge is 0.326 e. The molecule has 2 N–H and O–H groups in total. The van der Waals surface area contributed by atoms with Crippen LogP contribution in [0.1, 0.15) is 82.6 Å². The van der Waals surface area contributed by atoms with Crippen LogP contribution in [0, 0.1) is 23.2 Å². The summed E-state index contributed by atoms with van der Waals surface area (Å²) < 4.78 is 6.22. The zero-order chi connectivity index (χ0) is 19.8. The highest BCUT2D eigenvalue weighted by Crippen LogP contribution is 2.51. The molecular formula is C24H33NO3. The van der Waals surface area contributed by atoms with Gasteiger partial charge in [-0.2, -0.15) is 5.90 Å². The van der Waals surface area contributed by atoms with Gasteiger partial charge < -0.3 is 9.57 Å². The van der Waals surface area contributed by atoms with E-state index < -0.39 is 5.97 Å². The Balaban J connectivity index is 1.61.